The Kier molecular flexibility index (Phi) is 1.68. The lowest BCUT2D eigenvalue weighted by molar-refractivity contribution is 1.45. The van der Waals surface area contributed by atoms with Gasteiger partial charge < -0.3 is 0 Å². The van der Waals surface area contributed by atoms with E-state index in [-0.39, 0.29) is 10.9 Å². The van der Waals surface area contributed by atoms with E-state index in [9.17, 15) is 0 Å². The minimum atomic E-state index is -0.0967. The summed E-state index contributed by atoms with van der Waals surface area (Å²) in [5, 5.41) is 0. The molecule has 0 saturated carbocycles. The maximum atomic E-state index is 2.35. The van der Waals surface area contributed by atoms with E-state index >= 15 is 0 Å². The summed E-state index contributed by atoms with van der Waals surface area (Å²) in [5.74, 6) is 0. The first-order valence-electron chi connectivity index (χ1n) is 4.80. The van der Waals surface area contributed by atoms with E-state index in [0.717, 1.165) is 0 Å². The van der Waals surface area contributed by atoms with Gasteiger partial charge in [0.1, 0.15) is 0 Å². The van der Waals surface area contributed by atoms with Crippen LogP contribution in [0.4, 0.5) is 0 Å². The second-order valence-corrected chi connectivity index (χ2v) is 5.67. The molecule has 0 amide bonds. The monoisotopic (exact) mass is 200 g/mol. The third-order valence-corrected chi connectivity index (χ3v) is 5.05. The molecular formula is C13H12S. The van der Waals surface area contributed by atoms with Crippen LogP contribution in [0.25, 0.3) is 11.1 Å². The fourth-order valence-electron chi connectivity index (χ4n) is 2.12. The van der Waals surface area contributed by atoms with E-state index in [1.54, 1.807) is 0 Å². The van der Waals surface area contributed by atoms with Crippen LogP contribution in [0, 0.1) is 0 Å². The molecule has 0 radical (unpaired) electrons. The second kappa shape index (κ2) is 2.89. The molecule has 0 aromatic heterocycles. The van der Waals surface area contributed by atoms with Crippen molar-refractivity contribution in [1.82, 2.24) is 0 Å². The van der Waals surface area contributed by atoms with Crippen molar-refractivity contribution >= 4 is 10.9 Å². The zero-order chi connectivity index (χ0) is 9.54. The predicted octanol–water partition coefficient (Wildman–Crippen LogP) is 3.72. The van der Waals surface area contributed by atoms with Gasteiger partial charge in [0.05, 0.1) is 0 Å². The van der Waals surface area contributed by atoms with E-state index in [2.05, 4.69) is 54.8 Å². The van der Waals surface area contributed by atoms with E-state index < -0.39 is 0 Å². The molecule has 2 aromatic rings. The molecule has 14 heavy (non-hydrogen) atoms. The van der Waals surface area contributed by atoms with E-state index in [0.29, 0.717) is 0 Å². The number of benzene rings is 2. The lowest BCUT2D eigenvalue weighted by atomic mass is 10.1. The van der Waals surface area contributed by atoms with Crippen LogP contribution >= 0.6 is 10.9 Å². The van der Waals surface area contributed by atoms with Crippen LogP contribution in [0.1, 0.15) is 0 Å². The van der Waals surface area contributed by atoms with Gasteiger partial charge in [-0.1, -0.05) is 36.4 Å². The predicted molar refractivity (Wildman–Crippen MR) is 63.3 cm³/mol. The van der Waals surface area contributed by atoms with Crippen LogP contribution in [-0.4, -0.2) is 6.26 Å². The van der Waals surface area contributed by atoms with Crippen molar-refractivity contribution in [1.29, 1.82) is 0 Å². The number of hydrogen-bond acceptors (Lipinski definition) is 0. The number of hydrogen-bond donors (Lipinski definition) is 1. The molecule has 3 rings (SSSR count). The van der Waals surface area contributed by atoms with Gasteiger partial charge in [0, 0.05) is 0 Å². The molecule has 0 nitrogen and oxygen atoms in total. The Balaban J connectivity index is 2.36. The first kappa shape index (κ1) is 8.13. The van der Waals surface area contributed by atoms with Gasteiger partial charge >= 0.3 is 0 Å². The molecule has 1 heterocycles. The zero-order valence-corrected chi connectivity index (χ0v) is 8.96. The van der Waals surface area contributed by atoms with E-state index in [1.165, 1.54) is 20.9 Å². The molecule has 0 saturated heterocycles. The van der Waals surface area contributed by atoms with Crippen LogP contribution in [0.2, 0.25) is 0 Å². The third kappa shape index (κ3) is 0.962. The van der Waals surface area contributed by atoms with Crippen molar-refractivity contribution < 1.29 is 0 Å². The van der Waals surface area contributed by atoms with Crippen molar-refractivity contribution in [3.63, 3.8) is 0 Å². The Morgan fingerprint density at radius 2 is 1.14 bits per heavy atom. The summed E-state index contributed by atoms with van der Waals surface area (Å²) in [6.45, 7) is 0. The van der Waals surface area contributed by atoms with Crippen molar-refractivity contribution in [2.45, 2.75) is 9.79 Å². The van der Waals surface area contributed by atoms with Crippen LogP contribution in [-0.2, 0) is 0 Å². The maximum Gasteiger partial charge on any atom is -0.000847 e. The minimum Gasteiger partial charge on any atom is -0.202 e. The third-order valence-electron chi connectivity index (χ3n) is 2.82. The van der Waals surface area contributed by atoms with Crippen LogP contribution < -0.4 is 0 Å². The lowest BCUT2D eigenvalue weighted by Crippen LogP contribution is -1.73. The van der Waals surface area contributed by atoms with E-state index in [4.69, 9.17) is 0 Å². The molecule has 0 spiro atoms. The average molecular weight is 200 g/mol. The normalized spacial score (nSPS) is 15.1. The molecule has 70 valence electrons. The lowest BCUT2D eigenvalue weighted by Gasteiger charge is -2.10. The highest BCUT2D eigenvalue weighted by Gasteiger charge is 2.21. The molecule has 2 aromatic carbocycles. The first-order chi connectivity index (χ1) is 6.88. The summed E-state index contributed by atoms with van der Waals surface area (Å²) in [5.41, 5.74) is 2.88. The summed E-state index contributed by atoms with van der Waals surface area (Å²) < 4.78 is 0. The molecule has 0 N–H and O–H groups in total. The summed E-state index contributed by atoms with van der Waals surface area (Å²) in [6, 6.07) is 17.5. The average Bonchev–Trinajstić information content (AvgIpc) is 2.55. The van der Waals surface area contributed by atoms with Gasteiger partial charge in [-0.3, -0.25) is 0 Å². The highest BCUT2D eigenvalue weighted by atomic mass is 32.2. The molecule has 0 bridgehead atoms. The van der Waals surface area contributed by atoms with Crippen LogP contribution in [0.5, 0.6) is 0 Å². The van der Waals surface area contributed by atoms with Gasteiger partial charge in [-0.25, -0.2) is 10.9 Å². The summed E-state index contributed by atoms with van der Waals surface area (Å²) in [6.07, 6.45) is 2.35. The molecule has 0 atom stereocenters. The highest BCUT2D eigenvalue weighted by molar-refractivity contribution is 8.17. The topological polar surface area (TPSA) is 0 Å². The van der Waals surface area contributed by atoms with Gasteiger partial charge in [-0.2, -0.15) is 0 Å². The summed E-state index contributed by atoms with van der Waals surface area (Å²) >= 11 is 0. The molecule has 0 aliphatic carbocycles. The largest absolute Gasteiger partial charge is 0.202 e. The van der Waals surface area contributed by atoms with Gasteiger partial charge in [-0.05, 0) is 39.3 Å². The molecule has 1 aliphatic heterocycles. The Labute approximate surface area is 86.9 Å². The molecule has 1 aliphatic rings. The maximum absolute atomic E-state index is 2.35. The fraction of sp³-hybridized carbons (Fsp3) is 0.0769. The summed E-state index contributed by atoms with van der Waals surface area (Å²) in [4.78, 5) is 3.06. The Bertz CT molecular complexity index is 443. The molecule has 0 unspecified atom stereocenters. The molecule has 1 heteroatoms. The van der Waals surface area contributed by atoms with Gasteiger partial charge in [0.25, 0.3) is 0 Å². The second-order valence-electron chi connectivity index (χ2n) is 3.59. The molecular weight excluding hydrogens is 188 g/mol. The van der Waals surface area contributed by atoms with Crippen molar-refractivity contribution in [3.8, 4) is 11.1 Å². The summed E-state index contributed by atoms with van der Waals surface area (Å²) in [7, 11) is -0.0967. The van der Waals surface area contributed by atoms with Crippen molar-refractivity contribution in [3.05, 3.63) is 48.5 Å². The van der Waals surface area contributed by atoms with E-state index in [1.807, 2.05) is 0 Å². The van der Waals surface area contributed by atoms with Crippen LogP contribution in [0.15, 0.2) is 58.3 Å². The van der Waals surface area contributed by atoms with Crippen LogP contribution in [0.3, 0.4) is 0 Å². The number of thiol groups is 1. The molecule has 0 fully saturated rings. The Morgan fingerprint density at radius 3 is 1.64 bits per heavy atom. The van der Waals surface area contributed by atoms with Crippen molar-refractivity contribution in [2.75, 3.05) is 6.26 Å². The first-order valence-corrected chi connectivity index (χ1v) is 6.59. The smallest absolute Gasteiger partial charge is 0.000847 e. The Hall–Kier alpha value is -1.21. The standard InChI is InChI=1S/C13H12S/c1-14-12-8-4-2-6-10(12)11-7-3-5-9-13(11)14/h2-9,14H,1H3. The highest BCUT2D eigenvalue weighted by Crippen LogP contribution is 2.55. The zero-order valence-electron chi connectivity index (χ0n) is 8.07. The quantitative estimate of drug-likeness (QED) is 0.616. The van der Waals surface area contributed by atoms with Gasteiger partial charge in [0.2, 0.25) is 0 Å². The van der Waals surface area contributed by atoms with Crippen molar-refractivity contribution in [2.24, 2.45) is 0 Å². The number of rotatable bonds is 0. The number of fused-ring (bicyclic) bond motifs is 3. The minimum absolute atomic E-state index is 0.0967. The SMILES string of the molecule is C[SH]1c2ccccc2-c2ccccc21. The van der Waals surface area contributed by atoms with Gasteiger partial charge in [0.15, 0.2) is 0 Å². The van der Waals surface area contributed by atoms with Gasteiger partial charge in [-0.15, -0.1) is 0 Å². The Morgan fingerprint density at radius 1 is 0.714 bits per heavy atom. The fourth-order valence-corrected chi connectivity index (χ4v) is 4.11.